The summed E-state index contributed by atoms with van der Waals surface area (Å²) in [5.74, 6) is -0.0212. The molecule has 1 aliphatic heterocycles. The lowest BCUT2D eigenvalue weighted by Gasteiger charge is -2.06. The van der Waals surface area contributed by atoms with Crippen LogP contribution in [0.5, 0.6) is 0 Å². The van der Waals surface area contributed by atoms with Gasteiger partial charge in [0.05, 0.1) is 9.95 Å². The molecule has 8 nitrogen and oxygen atoms in total. The molecule has 2 heterocycles. The molecule has 1 saturated heterocycles. The minimum atomic E-state index is -0.630. The molecule has 1 aliphatic rings. The van der Waals surface area contributed by atoms with Crippen molar-refractivity contribution in [2.45, 2.75) is 0 Å². The Hall–Kier alpha value is -3.10. The van der Waals surface area contributed by atoms with Gasteiger partial charge >= 0.3 is 6.03 Å². The molecule has 0 spiro atoms. The van der Waals surface area contributed by atoms with Crippen LogP contribution >= 0.6 is 23.2 Å². The van der Waals surface area contributed by atoms with E-state index in [4.69, 9.17) is 27.6 Å². The van der Waals surface area contributed by atoms with Crippen molar-refractivity contribution in [1.82, 2.24) is 10.2 Å². The Morgan fingerprint density at radius 1 is 1.26 bits per heavy atom. The van der Waals surface area contributed by atoms with Crippen LogP contribution in [0.25, 0.3) is 17.4 Å². The Morgan fingerprint density at radius 3 is 2.67 bits per heavy atom. The monoisotopic (exact) mass is 407 g/mol. The molecule has 27 heavy (non-hydrogen) atoms. The molecule has 1 N–H and O–H groups in total. The second-order valence-electron chi connectivity index (χ2n) is 5.44. The summed E-state index contributed by atoms with van der Waals surface area (Å²) in [7, 11) is 0. The number of hydrogen-bond acceptors (Lipinski definition) is 5. The molecule has 3 rings (SSSR count). The fraction of sp³-hybridized carbons (Fsp3) is 0.0588. The zero-order valence-electron chi connectivity index (χ0n) is 13.6. The first-order valence-electron chi connectivity index (χ1n) is 7.51. The summed E-state index contributed by atoms with van der Waals surface area (Å²) in [6, 6.07) is 4.97. The molecular weight excluding hydrogens is 397 g/mol. The summed E-state index contributed by atoms with van der Waals surface area (Å²) in [5, 5.41) is 13.6. The molecule has 0 aliphatic carbocycles. The molecule has 0 radical (unpaired) electrons. The number of halogens is 2. The number of nitro groups is 1. The number of furan rings is 1. The first-order chi connectivity index (χ1) is 12.8. The fourth-order valence-corrected chi connectivity index (χ4v) is 3.00. The Kier molecular flexibility index (Phi) is 5.02. The SMILES string of the molecule is C=CCN1C(=O)N/C(=C/c2ccc(-c3cc([N+](=O)[O-])c(Cl)cc3Cl)o2)C1=O. The molecule has 0 bridgehead atoms. The predicted octanol–water partition coefficient (Wildman–Crippen LogP) is 4.24. The van der Waals surface area contributed by atoms with Crippen LogP contribution in [0.3, 0.4) is 0 Å². The Labute approximate surface area is 162 Å². The van der Waals surface area contributed by atoms with E-state index in [9.17, 15) is 19.7 Å². The van der Waals surface area contributed by atoms with Crippen molar-refractivity contribution in [3.8, 4) is 11.3 Å². The summed E-state index contributed by atoms with van der Waals surface area (Å²) in [4.78, 5) is 35.3. The Bertz CT molecular complexity index is 1010. The zero-order valence-corrected chi connectivity index (χ0v) is 15.1. The average Bonchev–Trinajstić information content (AvgIpc) is 3.15. The van der Waals surface area contributed by atoms with Crippen LogP contribution in [0.15, 0.2) is 47.0 Å². The number of imide groups is 1. The van der Waals surface area contributed by atoms with Crippen molar-refractivity contribution in [1.29, 1.82) is 0 Å². The van der Waals surface area contributed by atoms with Crippen molar-refractivity contribution < 1.29 is 18.9 Å². The molecule has 0 atom stereocenters. The second kappa shape index (κ2) is 7.26. The number of amides is 3. The minimum absolute atomic E-state index is 0.0379. The summed E-state index contributed by atoms with van der Waals surface area (Å²) in [6.45, 7) is 3.57. The molecule has 0 unspecified atom stereocenters. The Morgan fingerprint density at radius 2 is 2.00 bits per heavy atom. The largest absolute Gasteiger partial charge is 0.457 e. The van der Waals surface area contributed by atoms with E-state index in [1.54, 1.807) is 0 Å². The summed E-state index contributed by atoms with van der Waals surface area (Å²) >= 11 is 11.9. The van der Waals surface area contributed by atoms with Gasteiger partial charge in [0, 0.05) is 24.3 Å². The number of nitrogens with zero attached hydrogens (tertiary/aromatic N) is 2. The van der Waals surface area contributed by atoms with Gasteiger partial charge < -0.3 is 9.73 Å². The highest BCUT2D eigenvalue weighted by Crippen LogP contribution is 2.37. The summed E-state index contributed by atoms with van der Waals surface area (Å²) in [6.07, 6.45) is 2.78. The van der Waals surface area contributed by atoms with Gasteiger partial charge in [-0.05, 0) is 18.2 Å². The number of nitrogens with one attached hydrogen (secondary N) is 1. The number of rotatable bonds is 5. The van der Waals surface area contributed by atoms with Gasteiger partial charge in [0.15, 0.2) is 0 Å². The first-order valence-corrected chi connectivity index (χ1v) is 8.26. The highest BCUT2D eigenvalue weighted by atomic mass is 35.5. The number of hydrogen-bond donors (Lipinski definition) is 1. The third kappa shape index (κ3) is 3.57. The molecule has 1 fully saturated rings. The van der Waals surface area contributed by atoms with Crippen molar-refractivity contribution in [2.24, 2.45) is 0 Å². The predicted molar refractivity (Wildman–Crippen MR) is 99.2 cm³/mol. The lowest BCUT2D eigenvalue weighted by molar-refractivity contribution is -0.384. The van der Waals surface area contributed by atoms with Crippen LogP contribution < -0.4 is 5.32 Å². The van der Waals surface area contributed by atoms with Crippen LogP contribution in [0.1, 0.15) is 5.76 Å². The van der Waals surface area contributed by atoms with E-state index in [0.29, 0.717) is 0 Å². The maximum Gasteiger partial charge on any atom is 0.329 e. The van der Waals surface area contributed by atoms with E-state index < -0.39 is 16.9 Å². The third-order valence-electron chi connectivity index (χ3n) is 3.69. The molecule has 2 aromatic rings. The molecular formula is C17H11Cl2N3O5. The van der Waals surface area contributed by atoms with Gasteiger partial charge in [-0.25, -0.2) is 4.79 Å². The number of nitro benzene ring substituents is 1. The quantitative estimate of drug-likeness (QED) is 0.262. The lowest BCUT2D eigenvalue weighted by atomic mass is 10.1. The Balaban J connectivity index is 1.93. The zero-order chi connectivity index (χ0) is 19.7. The summed E-state index contributed by atoms with van der Waals surface area (Å²) < 4.78 is 5.60. The molecule has 1 aromatic heterocycles. The third-order valence-corrected chi connectivity index (χ3v) is 4.30. The van der Waals surface area contributed by atoms with Gasteiger partial charge in [-0.2, -0.15) is 0 Å². The van der Waals surface area contributed by atoms with Crippen LogP contribution in [-0.2, 0) is 4.79 Å². The minimum Gasteiger partial charge on any atom is -0.457 e. The normalized spacial score (nSPS) is 15.3. The smallest absolute Gasteiger partial charge is 0.329 e. The maximum absolute atomic E-state index is 12.2. The molecule has 0 saturated carbocycles. The summed E-state index contributed by atoms with van der Waals surface area (Å²) in [5.41, 5.74) is -0.00547. The first kappa shape index (κ1) is 18.7. The van der Waals surface area contributed by atoms with Crippen LogP contribution in [0.2, 0.25) is 10.0 Å². The van der Waals surface area contributed by atoms with E-state index in [1.807, 2.05) is 0 Å². The van der Waals surface area contributed by atoms with Gasteiger partial charge in [-0.1, -0.05) is 29.3 Å². The lowest BCUT2D eigenvalue weighted by Crippen LogP contribution is -2.30. The van der Waals surface area contributed by atoms with E-state index in [2.05, 4.69) is 11.9 Å². The average molecular weight is 408 g/mol. The van der Waals surface area contributed by atoms with E-state index in [1.165, 1.54) is 36.4 Å². The number of urea groups is 1. The number of carbonyl (C=O) groups excluding carboxylic acids is 2. The topological polar surface area (TPSA) is 106 Å². The highest BCUT2D eigenvalue weighted by Gasteiger charge is 2.32. The molecule has 3 amide bonds. The molecule has 1 aromatic carbocycles. The fourth-order valence-electron chi connectivity index (χ4n) is 2.45. The van der Waals surface area contributed by atoms with Gasteiger partial charge in [0.1, 0.15) is 22.2 Å². The van der Waals surface area contributed by atoms with Gasteiger partial charge in [-0.3, -0.25) is 19.8 Å². The molecule has 138 valence electrons. The molecule has 10 heteroatoms. The van der Waals surface area contributed by atoms with Crippen LogP contribution in [0.4, 0.5) is 10.5 Å². The van der Waals surface area contributed by atoms with Crippen molar-refractivity contribution in [3.63, 3.8) is 0 Å². The number of carbonyl (C=O) groups is 2. The van der Waals surface area contributed by atoms with Gasteiger partial charge in [0.25, 0.3) is 11.6 Å². The van der Waals surface area contributed by atoms with E-state index in [0.717, 1.165) is 4.90 Å². The van der Waals surface area contributed by atoms with Crippen LogP contribution in [-0.4, -0.2) is 28.3 Å². The van der Waals surface area contributed by atoms with Gasteiger partial charge in [0.2, 0.25) is 0 Å². The maximum atomic E-state index is 12.2. The highest BCUT2D eigenvalue weighted by molar-refractivity contribution is 6.37. The van der Waals surface area contributed by atoms with Crippen molar-refractivity contribution >= 4 is 46.9 Å². The van der Waals surface area contributed by atoms with Gasteiger partial charge in [-0.15, -0.1) is 6.58 Å². The standard InChI is InChI=1S/C17H11Cl2N3O5/c1-2-5-21-16(23)13(20-17(21)24)6-9-3-4-15(27-9)10-7-14(22(25)26)12(19)8-11(10)18/h2-4,6-8H,1,5H2,(H,20,24)/b13-6+. The van der Waals surface area contributed by atoms with Crippen LogP contribution in [0, 0.1) is 10.1 Å². The van der Waals surface area contributed by atoms with Crippen molar-refractivity contribution in [3.05, 3.63) is 68.5 Å². The van der Waals surface area contributed by atoms with E-state index >= 15 is 0 Å². The second-order valence-corrected chi connectivity index (χ2v) is 6.25. The van der Waals surface area contributed by atoms with Crippen molar-refractivity contribution in [2.75, 3.05) is 6.54 Å². The van der Waals surface area contributed by atoms with E-state index in [-0.39, 0.29) is 45.1 Å². The number of benzene rings is 1.